The Morgan fingerprint density at radius 2 is 2.10 bits per heavy atom. The molecule has 1 aromatic rings. The number of guanidine groups is 1. The quantitative estimate of drug-likeness (QED) is 0.778. The maximum atomic E-state index is 6.08. The van der Waals surface area contributed by atoms with Crippen LogP contribution in [0.4, 0.5) is 5.69 Å². The van der Waals surface area contributed by atoms with E-state index in [2.05, 4.69) is 16.8 Å². The number of anilines is 1. The van der Waals surface area contributed by atoms with Gasteiger partial charge in [-0.3, -0.25) is 4.99 Å². The van der Waals surface area contributed by atoms with E-state index >= 15 is 0 Å². The SMILES string of the molecule is CCCCCCC1CN=C(N)N1c1ccccc1OC. The van der Waals surface area contributed by atoms with E-state index in [0.29, 0.717) is 12.0 Å². The maximum absolute atomic E-state index is 6.08. The van der Waals surface area contributed by atoms with Crippen molar-refractivity contribution in [3.8, 4) is 5.75 Å². The number of unbranched alkanes of at least 4 members (excludes halogenated alkanes) is 3. The van der Waals surface area contributed by atoms with Crippen LogP contribution >= 0.6 is 0 Å². The van der Waals surface area contributed by atoms with E-state index in [1.807, 2.05) is 24.3 Å². The highest BCUT2D eigenvalue weighted by atomic mass is 16.5. The zero-order valence-electron chi connectivity index (χ0n) is 12.5. The Balaban J connectivity index is 2.08. The van der Waals surface area contributed by atoms with Crippen LogP contribution in [0.25, 0.3) is 0 Å². The fourth-order valence-electron chi connectivity index (χ4n) is 2.72. The van der Waals surface area contributed by atoms with Crippen LogP contribution in [0.2, 0.25) is 0 Å². The molecular weight excluding hydrogens is 250 g/mol. The van der Waals surface area contributed by atoms with Gasteiger partial charge in [0.25, 0.3) is 0 Å². The van der Waals surface area contributed by atoms with Crippen LogP contribution in [-0.4, -0.2) is 25.7 Å². The molecule has 20 heavy (non-hydrogen) atoms. The first-order chi connectivity index (χ1) is 9.77. The van der Waals surface area contributed by atoms with Crippen LogP contribution < -0.4 is 15.4 Å². The number of methoxy groups -OCH3 is 1. The van der Waals surface area contributed by atoms with Gasteiger partial charge in [0.1, 0.15) is 5.75 Å². The molecule has 4 nitrogen and oxygen atoms in total. The van der Waals surface area contributed by atoms with Gasteiger partial charge in [-0.05, 0) is 18.6 Å². The van der Waals surface area contributed by atoms with Crippen LogP contribution in [0, 0.1) is 0 Å². The van der Waals surface area contributed by atoms with E-state index in [1.54, 1.807) is 7.11 Å². The molecular formula is C16H25N3O. The molecule has 0 aromatic heterocycles. The average Bonchev–Trinajstić information content (AvgIpc) is 2.84. The minimum absolute atomic E-state index is 0.364. The predicted molar refractivity (Wildman–Crippen MR) is 84.5 cm³/mol. The topological polar surface area (TPSA) is 50.8 Å². The number of rotatable bonds is 7. The van der Waals surface area contributed by atoms with Crippen molar-refractivity contribution in [2.45, 2.75) is 45.1 Å². The van der Waals surface area contributed by atoms with Gasteiger partial charge in [0.2, 0.25) is 0 Å². The van der Waals surface area contributed by atoms with E-state index < -0.39 is 0 Å². The van der Waals surface area contributed by atoms with Crippen molar-refractivity contribution in [1.29, 1.82) is 0 Å². The standard InChI is InChI=1S/C16H25N3O/c1-3-4-5-6-9-13-12-18-16(17)19(13)14-10-7-8-11-15(14)20-2/h7-8,10-11,13H,3-6,9,12H2,1-2H3,(H2,17,18). The summed E-state index contributed by atoms with van der Waals surface area (Å²) in [7, 11) is 1.69. The number of hydrogen-bond acceptors (Lipinski definition) is 4. The molecule has 1 aliphatic rings. The van der Waals surface area contributed by atoms with E-state index in [1.165, 1.54) is 25.7 Å². The van der Waals surface area contributed by atoms with Gasteiger partial charge in [-0.15, -0.1) is 0 Å². The highest BCUT2D eigenvalue weighted by Gasteiger charge is 2.28. The first kappa shape index (κ1) is 14.7. The molecule has 2 N–H and O–H groups in total. The summed E-state index contributed by atoms with van der Waals surface area (Å²) < 4.78 is 5.45. The van der Waals surface area contributed by atoms with Crippen molar-refractivity contribution in [1.82, 2.24) is 0 Å². The maximum Gasteiger partial charge on any atom is 0.196 e. The molecule has 0 amide bonds. The summed E-state index contributed by atoms with van der Waals surface area (Å²) in [6.07, 6.45) is 6.21. The molecule has 0 saturated carbocycles. The summed E-state index contributed by atoms with van der Waals surface area (Å²) in [4.78, 5) is 6.54. The van der Waals surface area contributed by atoms with E-state index in [0.717, 1.165) is 24.4 Å². The van der Waals surface area contributed by atoms with Gasteiger partial charge in [0.05, 0.1) is 25.4 Å². The lowest BCUT2D eigenvalue weighted by molar-refractivity contribution is 0.414. The molecule has 0 bridgehead atoms. The number of nitrogens with zero attached hydrogens (tertiary/aromatic N) is 2. The minimum atomic E-state index is 0.364. The second-order valence-corrected chi connectivity index (χ2v) is 5.24. The lowest BCUT2D eigenvalue weighted by Crippen LogP contribution is -2.41. The summed E-state index contributed by atoms with van der Waals surface area (Å²) in [5.41, 5.74) is 7.10. The molecule has 1 atom stereocenters. The zero-order valence-corrected chi connectivity index (χ0v) is 12.5. The number of nitrogens with two attached hydrogens (primary N) is 1. The summed E-state index contributed by atoms with van der Waals surface area (Å²) in [5.74, 6) is 1.46. The van der Waals surface area contributed by atoms with Gasteiger partial charge in [0, 0.05) is 0 Å². The molecule has 0 radical (unpaired) electrons. The number of benzene rings is 1. The Morgan fingerprint density at radius 1 is 1.30 bits per heavy atom. The Kier molecular flexibility index (Phi) is 5.27. The Labute approximate surface area is 121 Å². The molecule has 110 valence electrons. The molecule has 0 aliphatic carbocycles. The molecule has 2 rings (SSSR count). The Morgan fingerprint density at radius 3 is 2.85 bits per heavy atom. The lowest BCUT2D eigenvalue weighted by atomic mass is 10.1. The van der Waals surface area contributed by atoms with Crippen LogP contribution in [0.3, 0.4) is 0 Å². The van der Waals surface area contributed by atoms with Crippen LogP contribution in [-0.2, 0) is 0 Å². The first-order valence-corrected chi connectivity index (χ1v) is 7.50. The molecule has 0 spiro atoms. The number of hydrogen-bond donors (Lipinski definition) is 1. The van der Waals surface area contributed by atoms with E-state index in [-0.39, 0.29) is 0 Å². The van der Waals surface area contributed by atoms with Gasteiger partial charge in [-0.25, -0.2) is 0 Å². The minimum Gasteiger partial charge on any atom is -0.495 e. The fourth-order valence-corrected chi connectivity index (χ4v) is 2.72. The van der Waals surface area contributed by atoms with Crippen molar-refractivity contribution >= 4 is 11.6 Å². The fraction of sp³-hybridized carbons (Fsp3) is 0.562. The zero-order chi connectivity index (χ0) is 14.4. The molecule has 1 aromatic carbocycles. The summed E-state index contributed by atoms with van der Waals surface area (Å²) in [5, 5.41) is 0. The summed E-state index contributed by atoms with van der Waals surface area (Å²) in [6.45, 7) is 3.02. The highest BCUT2D eigenvalue weighted by Crippen LogP contribution is 2.32. The van der Waals surface area contributed by atoms with Gasteiger partial charge in [-0.1, -0.05) is 44.7 Å². The highest BCUT2D eigenvalue weighted by molar-refractivity contribution is 5.98. The van der Waals surface area contributed by atoms with Crippen LogP contribution in [0.1, 0.15) is 39.0 Å². The monoisotopic (exact) mass is 275 g/mol. The van der Waals surface area contributed by atoms with Gasteiger partial charge >= 0.3 is 0 Å². The second kappa shape index (κ2) is 7.17. The predicted octanol–water partition coefficient (Wildman–Crippen LogP) is 3.17. The number of para-hydroxylation sites is 2. The van der Waals surface area contributed by atoms with Crippen molar-refractivity contribution in [3.63, 3.8) is 0 Å². The molecule has 0 saturated heterocycles. The van der Waals surface area contributed by atoms with E-state index in [4.69, 9.17) is 10.5 Å². The number of ether oxygens (including phenoxy) is 1. The summed E-state index contributed by atoms with van der Waals surface area (Å²) >= 11 is 0. The molecule has 1 aliphatic heterocycles. The summed E-state index contributed by atoms with van der Waals surface area (Å²) in [6, 6.07) is 8.36. The van der Waals surface area contributed by atoms with Gasteiger partial charge in [0.15, 0.2) is 5.96 Å². The van der Waals surface area contributed by atoms with E-state index in [9.17, 15) is 0 Å². The third kappa shape index (κ3) is 3.24. The van der Waals surface area contributed by atoms with Crippen molar-refractivity contribution in [2.24, 2.45) is 10.7 Å². The number of aliphatic imine (C=N–C) groups is 1. The molecule has 4 heteroatoms. The van der Waals surface area contributed by atoms with Crippen molar-refractivity contribution < 1.29 is 4.74 Å². The average molecular weight is 275 g/mol. The van der Waals surface area contributed by atoms with Crippen molar-refractivity contribution in [3.05, 3.63) is 24.3 Å². The smallest absolute Gasteiger partial charge is 0.196 e. The lowest BCUT2D eigenvalue weighted by Gasteiger charge is -2.27. The third-order valence-electron chi connectivity index (χ3n) is 3.81. The van der Waals surface area contributed by atoms with Gasteiger partial charge < -0.3 is 15.4 Å². The molecule has 1 heterocycles. The van der Waals surface area contributed by atoms with Crippen LogP contribution in [0.5, 0.6) is 5.75 Å². The van der Waals surface area contributed by atoms with Gasteiger partial charge in [-0.2, -0.15) is 0 Å². The normalized spacial score (nSPS) is 18.2. The third-order valence-corrected chi connectivity index (χ3v) is 3.81. The van der Waals surface area contributed by atoms with Crippen molar-refractivity contribution in [2.75, 3.05) is 18.6 Å². The second-order valence-electron chi connectivity index (χ2n) is 5.24. The largest absolute Gasteiger partial charge is 0.495 e. The first-order valence-electron chi connectivity index (χ1n) is 7.50. The van der Waals surface area contributed by atoms with Crippen LogP contribution in [0.15, 0.2) is 29.3 Å². The molecule has 1 unspecified atom stereocenters. The Hall–Kier alpha value is -1.71. The Bertz CT molecular complexity index is 459. The molecule has 0 fully saturated rings.